The highest BCUT2D eigenvalue weighted by Gasteiger charge is 2.33. The molecule has 1 aliphatic carbocycles. The lowest BCUT2D eigenvalue weighted by molar-refractivity contribution is -0.138. The van der Waals surface area contributed by atoms with Gasteiger partial charge in [-0.1, -0.05) is 50.2 Å². The first kappa shape index (κ1) is 44.3. The number of fused-ring (bicyclic) bond motifs is 1. The number of carboxylic acid groups (broad SMARTS) is 1. The average Bonchev–Trinajstić information content (AvgIpc) is 3.81. The van der Waals surface area contributed by atoms with Crippen molar-refractivity contribution >= 4 is 39.8 Å². The van der Waals surface area contributed by atoms with E-state index in [-0.39, 0.29) is 30.3 Å². The summed E-state index contributed by atoms with van der Waals surface area (Å²) in [6.07, 6.45) is 4.26. The third-order valence-electron chi connectivity index (χ3n) is 10.3. The highest BCUT2D eigenvalue weighted by molar-refractivity contribution is 7.17. The molecule has 0 unspecified atom stereocenters. The monoisotopic (exact) mass is 837 g/mol. The maximum Gasteiger partial charge on any atom is 0.305 e. The van der Waals surface area contributed by atoms with Crippen LogP contribution in [0.3, 0.4) is 0 Å². The topological polar surface area (TPSA) is 165 Å². The Morgan fingerprint density at radius 3 is 2.17 bits per heavy atom. The normalized spacial score (nSPS) is 13.3. The summed E-state index contributed by atoms with van der Waals surface area (Å²) in [4.78, 5) is 41.6. The Hall–Kier alpha value is -5.25. The van der Waals surface area contributed by atoms with E-state index in [9.17, 15) is 14.4 Å². The predicted octanol–water partition coefficient (Wildman–Crippen LogP) is 7.87. The smallest absolute Gasteiger partial charge is 0.305 e. The highest BCUT2D eigenvalue weighted by atomic mass is 32.1. The number of carboxylic acids is 1. The number of anilines is 2. The van der Waals surface area contributed by atoms with Gasteiger partial charge in [0.05, 0.1) is 51.6 Å². The zero-order valence-corrected chi connectivity index (χ0v) is 35.7. The molecule has 0 aliphatic heterocycles. The highest BCUT2D eigenvalue weighted by Crippen LogP contribution is 2.44. The minimum atomic E-state index is -0.885. The zero-order valence-electron chi connectivity index (χ0n) is 34.9. The molecule has 0 spiro atoms. The Labute approximate surface area is 355 Å². The van der Waals surface area contributed by atoms with Gasteiger partial charge in [-0.15, -0.1) is 21.5 Å². The average molecular weight is 838 g/mol. The molecule has 2 heterocycles. The fourth-order valence-electron chi connectivity index (χ4n) is 7.00. The first-order chi connectivity index (χ1) is 28.9. The second-order valence-corrected chi connectivity index (χ2v) is 17.0. The van der Waals surface area contributed by atoms with Gasteiger partial charge in [-0.3, -0.25) is 19.3 Å². The van der Waals surface area contributed by atoms with Crippen LogP contribution in [0.15, 0.2) is 77.2 Å². The van der Waals surface area contributed by atoms with Gasteiger partial charge in [0.25, 0.3) is 11.8 Å². The number of hydrogen-bond acceptors (Lipinski definition) is 11. The number of aromatic nitrogens is 2. The van der Waals surface area contributed by atoms with Crippen molar-refractivity contribution < 1.29 is 38.1 Å². The molecule has 318 valence electrons. The molecule has 0 saturated carbocycles. The molecule has 2 aromatic heterocycles. The molecule has 14 heteroatoms. The lowest BCUT2D eigenvalue weighted by atomic mass is 9.77. The van der Waals surface area contributed by atoms with E-state index in [0.717, 1.165) is 59.2 Å². The molecule has 5 aromatic rings. The summed E-state index contributed by atoms with van der Waals surface area (Å²) >= 11 is 1.51. The van der Waals surface area contributed by atoms with E-state index in [0.29, 0.717) is 79.7 Å². The van der Waals surface area contributed by atoms with Gasteiger partial charge in [0.15, 0.2) is 0 Å². The van der Waals surface area contributed by atoms with Crippen molar-refractivity contribution in [2.45, 2.75) is 65.8 Å². The number of nitrogens with zero attached hydrogens (tertiary/aromatic N) is 3. The Balaban J connectivity index is 1.01. The third-order valence-corrected chi connectivity index (χ3v) is 11.5. The lowest BCUT2D eigenvalue weighted by Crippen LogP contribution is -2.24. The molecule has 0 radical (unpaired) electrons. The van der Waals surface area contributed by atoms with Crippen molar-refractivity contribution in [1.29, 1.82) is 0 Å². The Kier molecular flexibility index (Phi) is 15.7. The van der Waals surface area contributed by atoms with Crippen LogP contribution in [0.5, 0.6) is 0 Å². The number of ether oxygens (including phenoxy) is 3. The van der Waals surface area contributed by atoms with E-state index >= 15 is 0 Å². The second-order valence-electron chi connectivity index (χ2n) is 15.9. The van der Waals surface area contributed by atoms with Crippen molar-refractivity contribution in [3.05, 3.63) is 117 Å². The second kappa shape index (κ2) is 21.3. The molecular weight excluding hydrogens is 783 g/mol. The van der Waals surface area contributed by atoms with E-state index in [1.807, 2.05) is 61.6 Å². The van der Waals surface area contributed by atoms with Gasteiger partial charge in [0.1, 0.15) is 5.00 Å². The molecule has 1 aliphatic rings. The predicted molar refractivity (Wildman–Crippen MR) is 232 cm³/mol. The van der Waals surface area contributed by atoms with E-state index in [4.69, 9.17) is 23.7 Å². The van der Waals surface area contributed by atoms with Gasteiger partial charge in [0.2, 0.25) is 11.8 Å². The van der Waals surface area contributed by atoms with Crippen molar-refractivity contribution in [3.63, 3.8) is 0 Å². The molecule has 0 bridgehead atoms. The summed E-state index contributed by atoms with van der Waals surface area (Å²) in [5, 5.41) is 23.4. The van der Waals surface area contributed by atoms with Crippen molar-refractivity contribution in [2.75, 3.05) is 63.9 Å². The number of aryl methyl sites for hydroxylation is 3. The van der Waals surface area contributed by atoms with Gasteiger partial charge < -0.3 is 34.4 Å². The summed E-state index contributed by atoms with van der Waals surface area (Å²) in [5.41, 5.74) is 7.13. The van der Waals surface area contributed by atoms with E-state index in [1.54, 1.807) is 13.0 Å². The quantitative estimate of drug-likeness (QED) is 0.0581. The summed E-state index contributed by atoms with van der Waals surface area (Å²) < 4.78 is 21.9. The minimum absolute atomic E-state index is 0.0208. The molecule has 60 heavy (non-hydrogen) atoms. The number of likely N-dealkylation sites (N-methyl/N-ethyl adjacent to an activating group) is 1. The summed E-state index contributed by atoms with van der Waals surface area (Å²) in [7, 11) is 2.00. The third kappa shape index (κ3) is 13.1. The first-order valence-corrected chi connectivity index (χ1v) is 21.2. The van der Waals surface area contributed by atoms with Crippen LogP contribution < -0.4 is 10.6 Å². The maximum atomic E-state index is 14.1. The SMILES string of the molecule is Cc1nnc(-c2ccc(CCc3ccc(NC(=O)c4c(NC(=O)c5cccc(CN(C)CCOCCOCCOCCC(=O)O)c5)sc5c4CCC(C)(C)C5)cc3)cc2)o1. The van der Waals surface area contributed by atoms with Gasteiger partial charge in [-0.05, 0) is 103 Å². The van der Waals surface area contributed by atoms with Crippen molar-refractivity contribution in [1.82, 2.24) is 15.1 Å². The minimum Gasteiger partial charge on any atom is -0.481 e. The number of aliphatic carboxylic acids is 1. The molecule has 0 fully saturated rings. The van der Waals surface area contributed by atoms with Crippen LogP contribution >= 0.6 is 11.3 Å². The Morgan fingerprint density at radius 2 is 1.50 bits per heavy atom. The molecule has 2 amide bonds. The van der Waals surface area contributed by atoms with Crippen molar-refractivity contribution in [3.8, 4) is 11.5 Å². The number of thiophene rings is 1. The van der Waals surface area contributed by atoms with E-state index in [1.165, 1.54) is 16.9 Å². The van der Waals surface area contributed by atoms with Gasteiger partial charge in [0, 0.05) is 41.7 Å². The lowest BCUT2D eigenvalue weighted by Gasteiger charge is -2.29. The molecule has 3 aromatic carbocycles. The molecular formula is C46H55N5O8S. The van der Waals surface area contributed by atoms with Crippen LogP contribution in [0.1, 0.15) is 80.4 Å². The standard InChI is InChI=1S/C46H55N5O8S/c1-31-49-50-44(59-31)35-14-10-32(11-15-35)8-9-33-12-16-37(17-13-33)47-43(55)41-38-18-20-46(2,3)29-39(38)60-45(41)48-42(54)36-7-5-6-34(28-36)30-51(4)21-23-57-25-27-58-26-24-56-22-19-40(52)53/h5-7,10-17,28H,8-9,18-27,29-30H2,1-4H3,(H,47,55)(H,48,54)(H,52,53). The van der Waals surface area contributed by atoms with E-state index < -0.39 is 5.97 Å². The Morgan fingerprint density at radius 1 is 0.833 bits per heavy atom. The van der Waals surface area contributed by atoms with E-state index in [2.05, 4.69) is 51.7 Å². The number of amides is 2. The number of hydrogen-bond donors (Lipinski definition) is 3. The largest absolute Gasteiger partial charge is 0.481 e. The fraction of sp³-hybridized carbons (Fsp3) is 0.413. The molecule has 3 N–H and O–H groups in total. The van der Waals surface area contributed by atoms with Crippen LogP contribution in [0.2, 0.25) is 0 Å². The van der Waals surface area contributed by atoms with Crippen LogP contribution in [-0.2, 0) is 51.2 Å². The maximum absolute atomic E-state index is 14.1. The summed E-state index contributed by atoms with van der Waals surface area (Å²) in [6.45, 7) is 9.86. The van der Waals surface area contributed by atoms with Gasteiger partial charge in [-0.25, -0.2) is 0 Å². The first-order valence-electron chi connectivity index (χ1n) is 20.4. The van der Waals surface area contributed by atoms with Gasteiger partial charge >= 0.3 is 5.97 Å². The van der Waals surface area contributed by atoms with Crippen molar-refractivity contribution in [2.24, 2.45) is 5.41 Å². The van der Waals surface area contributed by atoms with Crippen LogP contribution in [0, 0.1) is 12.3 Å². The van der Waals surface area contributed by atoms with Gasteiger partial charge in [-0.2, -0.15) is 0 Å². The molecule has 13 nitrogen and oxygen atoms in total. The van der Waals surface area contributed by atoms with Crippen LogP contribution in [0.25, 0.3) is 11.5 Å². The molecule has 0 saturated heterocycles. The fourth-order valence-corrected chi connectivity index (χ4v) is 8.50. The van der Waals surface area contributed by atoms with Crippen LogP contribution in [-0.4, -0.2) is 91.2 Å². The number of benzene rings is 3. The molecule has 6 rings (SSSR count). The number of rotatable bonds is 22. The number of nitrogens with one attached hydrogen (secondary N) is 2. The summed E-state index contributed by atoms with van der Waals surface area (Å²) in [5.74, 6) is -0.317. The number of carbonyl (C=O) groups is 3. The molecule has 0 atom stereocenters. The zero-order chi connectivity index (χ0) is 42.5. The summed E-state index contributed by atoms with van der Waals surface area (Å²) in [6, 6.07) is 23.7. The number of carbonyl (C=O) groups excluding carboxylic acids is 2. The van der Waals surface area contributed by atoms with Crippen LogP contribution in [0.4, 0.5) is 10.7 Å². The Bertz CT molecular complexity index is 2200.